The Morgan fingerprint density at radius 2 is 1.85 bits per heavy atom. The van der Waals surface area contributed by atoms with Crippen molar-refractivity contribution >= 4 is 0 Å². The van der Waals surface area contributed by atoms with Crippen LogP contribution in [0.4, 0.5) is 0 Å². The largest absolute Gasteiger partial charge is 0.311 e. The van der Waals surface area contributed by atoms with Gasteiger partial charge in [-0.1, -0.05) is 36.4 Å². The monoisotopic (exact) mass is 357 g/mol. The van der Waals surface area contributed by atoms with Crippen LogP contribution in [0.3, 0.4) is 0 Å². The number of rotatable bonds is 3. The maximum absolute atomic E-state index is 12.6. The molecular weight excluding hydrogens is 334 g/mol. The number of piperidine rings is 1. The van der Waals surface area contributed by atoms with Crippen LogP contribution in [-0.2, 0) is 13.1 Å². The molecule has 4 heteroatoms. The summed E-state index contributed by atoms with van der Waals surface area (Å²) < 4.78 is 2.03. The molecule has 0 aliphatic carbocycles. The number of benzene rings is 1. The van der Waals surface area contributed by atoms with E-state index >= 15 is 0 Å². The zero-order valence-electron chi connectivity index (χ0n) is 15.3. The van der Waals surface area contributed by atoms with Crippen LogP contribution in [0.25, 0.3) is 11.1 Å². The Morgan fingerprint density at radius 1 is 0.963 bits per heavy atom. The fraction of sp³-hybridized carbons (Fsp3) is 0.304. The summed E-state index contributed by atoms with van der Waals surface area (Å²) in [7, 11) is 0. The Balaban J connectivity index is 1.52. The van der Waals surface area contributed by atoms with Crippen molar-refractivity contribution in [3.05, 3.63) is 88.6 Å². The summed E-state index contributed by atoms with van der Waals surface area (Å²) in [4.78, 5) is 19.4. The van der Waals surface area contributed by atoms with E-state index in [0.29, 0.717) is 11.8 Å². The molecule has 4 heterocycles. The van der Waals surface area contributed by atoms with Crippen molar-refractivity contribution in [2.75, 3.05) is 13.1 Å². The summed E-state index contributed by atoms with van der Waals surface area (Å²) in [5, 5.41) is 0. The molecular formula is C23H23N3O. The Labute approximate surface area is 159 Å². The molecule has 0 N–H and O–H groups in total. The predicted molar refractivity (Wildman–Crippen MR) is 107 cm³/mol. The van der Waals surface area contributed by atoms with Crippen LogP contribution in [0, 0.1) is 5.92 Å². The lowest BCUT2D eigenvalue weighted by Gasteiger charge is -2.43. The molecule has 0 radical (unpaired) electrons. The summed E-state index contributed by atoms with van der Waals surface area (Å²) in [5.74, 6) is 0.937. The highest BCUT2D eigenvalue weighted by Gasteiger charge is 2.36. The molecule has 136 valence electrons. The lowest BCUT2D eigenvalue weighted by molar-refractivity contribution is 0.115. The zero-order chi connectivity index (χ0) is 18.2. The molecule has 2 aliphatic rings. The van der Waals surface area contributed by atoms with Crippen molar-refractivity contribution in [2.24, 2.45) is 5.92 Å². The van der Waals surface area contributed by atoms with Gasteiger partial charge >= 0.3 is 0 Å². The first-order valence-electron chi connectivity index (χ1n) is 9.68. The second kappa shape index (κ2) is 6.78. The first-order valence-corrected chi connectivity index (χ1v) is 9.68. The molecule has 0 saturated carbocycles. The zero-order valence-corrected chi connectivity index (χ0v) is 15.3. The van der Waals surface area contributed by atoms with Crippen molar-refractivity contribution in [2.45, 2.75) is 25.4 Å². The van der Waals surface area contributed by atoms with Crippen molar-refractivity contribution in [3.8, 4) is 11.1 Å². The van der Waals surface area contributed by atoms with Crippen LogP contribution in [0.5, 0.6) is 0 Å². The molecule has 2 aromatic heterocycles. The fourth-order valence-electron chi connectivity index (χ4n) is 4.85. The molecule has 1 fully saturated rings. The van der Waals surface area contributed by atoms with Gasteiger partial charge in [-0.25, -0.2) is 0 Å². The first kappa shape index (κ1) is 16.5. The molecule has 1 aromatic carbocycles. The third-order valence-electron chi connectivity index (χ3n) is 5.89. The number of likely N-dealkylation sites (tertiary alicyclic amines) is 1. The third kappa shape index (κ3) is 3.10. The predicted octanol–water partition coefficient (Wildman–Crippen LogP) is 3.53. The Morgan fingerprint density at radius 3 is 2.67 bits per heavy atom. The Kier molecular flexibility index (Phi) is 4.13. The van der Waals surface area contributed by atoms with Crippen LogP contribution in [-0.4, -0.2) is 27.5 Å². The summed E-state index contributed by atoms with van der Waals surface area (Å²) in [5.41, 5.74) is 4.94. The van der Waals surface area contributed by atoms with Gasteiger partial charge in [0.1, 0.15) is 0 Å². The minimum absolute atomic E-state index is 0.129. The molecule has 2 atom stereocenters. The van der Waals surface area contributed by atoms with Gasteiger partial charge in [-0.05, 0) is 30.0 Å². The normalized spacial score (nSPS) is 21.6. The van der Waals surface area contributed by atoms with E-state index < -0.39 is 0 Å². The van der Waals surface area contributed by atoms with Gasteiger partial charge in [0, 0.05) is 67.4 Å². The average Bonchev–Trinajstić information content (AvgIpc) is 2.70. The van der Waals surface area contributed by atoms with E-state index in [-0.39, 0.29) is 5.56 Å². The highest BCUT2D eigenvalue weighted by atomic mass is 16.1. The van der Waals surface area contributed by atoms with Gasteiger partial charge in [0.05, 0.1) is 0 Å². The number of fused-ring (bicyclic) bond motifs is 4. The number of aromatic nitrogens is 2. The van der Waals surface area contributed by atoms with Gasteiger partial charge in [0.15, 0.2) is 0 Å². The molecule has 2 aliphatic heterocycles. The van der Waals surface area contributed by atoms with Crippen LogP contribution in [0.1, 0.15) is 23.6 Å². The van der Waals surface area contributed by atoms with Gasteiger partial charge in [-0.15, -0.1) is 0 Å². The van der Waals surface area contributed by atoms with Gasteiger partial charge in [-0.2, -0.15) is 0 Å². The minimum atomic E-state index is 0.129. The molecule has 3 aromatic rings. The van der Waals surface area contributed by atoms with E-state index in [1.807, 2.05) is 22.9 Å². The third-order valence-corrected chi connectivity index (χ3v) is 5.89. The van der Waals surface area contributed by atoms with E-state index in [9.17, 15) is 4.79 Å². The summed E-state index contributed by atoms with van der Waals surface area (Å²) >= 11 is 0. The summed E-state index contributed by atoms with van der Waals surface area (Å²) in [6.45, 7) is 3.87. The van der Waals surface area contributed by atoms with E-state index in [4.69, 9.17) is 0 Å². The average molecular weight is 357 g/mol. The summed E-state index contributed by atoms with van der Waals surface area (Å²) in [6.07, 6.45) is 4.86. The van der Waals surface area contributed by atoms with Gasteiger partial charge in [0.25, 0.3) is 5.56 Å². The second-order valence-corrected chi connectivity index (χ2v) is 7.80. The maximum atomic E-state index is 12.6. The van der Waals surface area contributed by atoms with Crippen LogP contribution in [0.2, 0.25) is 0 Å². The lowest BCUT2D eigenvalue weighted by atomic mass is 9.80. The van der Waals surface area contributed by atoms with Crippen LogP contribution < -0.4 is 5.56 Å². The smallest absolute Gasteiger partial charge is 0.250 e. The quantitative estimate of drug-likeness (QED) is 0.720. The molecule has 0 amide bonds. The number of pyridine rings is 2. The minimum Gasteiger partial charge on any atom is -0.311 e. The van der Waals surface area contributed by atoms with Crippen molar-refractivity contribution < 1.29 is 0 Å². The van der Waals surface area contributed by atoms with Gasteiger partial charge in [-0.3, -0.25) is 14.7 Å². The fourth-order valence-corrected chi connectivity index (χ4v) is 4.85. The second-order valence-electron chi connectivity index (χ2n) is 7.80. The standard InChI is InChI=1S/C23H23N3O/c27-22-9-8-21(19-7-4-10-24-12-19)23-20-11-18(15-26(22)23)14-25(16-20)13-17-5-2-1-3-6-17/h1-10,12,18,20H,11,13-16H2/t18-,20+/m0/s1. The lowest BCUT2D eigenvalue weighted by Crippen LogP contribution is -2.47. The number of nitrogens with zero attached hydrogens (tertiary/aromatic N) is 3. The molecule has 0 spiro atoms. The maximum Gasteiger partial charge on any atom is 0.250 e. The Hall–Kier alpha value is -2.72. The topological polar surface area (TPSA) is 38.1 Å². The van der Waals surface area contributed by atoms with Crippen LogP contribution in [0.15, 0.2) is 71.8 Å². The van der Waals surface area contributed by atoms with E-state index in [1.54, 1.807) is 12.3 Å². The highest BCUT2D eigenvalue weighted by Crippen LogP contribution is 2.40. The van der Waals surface area contributed by atoms with Crippen molar-refractivity contribution in [3.63, 3.8) is 0 Å². The van der Waals surface area contributed by atoms with Crippen molar-refractivity contribution in [1.82, 2.24) is 14.5 Å². The van der Waals surface area contributed by atoms with Gasteiger partial charge in [0.2, 0.25) is 0 Å². The first-order chi connectivity index (χ1) is 13.3. The highest BCUT2D eigenvalue weighted by molar-refractivity contribution is 5.66. The Bertz CT molecular complexity index is 997. The number of hydrogen-bond donors (Lipinski definition) is 0. The van der Waals surface area contributed by atoms with E-state index in [2.05, 4.69) is 46.3 Å². The summed E-state index contributed by atoms with van der Waals surface area (Å²) in [6, 6.07) is 18.4. The van der Waals surface area contributed by atoms with Gasteiger partial charge < -0.3 is 4.57 Å². The molecule has 2 bridgehead atoms. The van der Waals surface area contributed by atoms with E-state index in [0.717, 1.165) is 37.3 Å². The SMILES string of the molecule is O=c1ccc(-c2cccnc2)c2n1C[C@H]1C[C@@H]2CN(Cc2ccccc2)C1. The molecule has 5 rings (SSSR count). The van der Waals surface area contributed by atoms with Crippen molar-refractivity contribution in [1.29, 1.82) is 0 Å². The molecule has 0 unspecified atom stereocenters. The van der Waals surface area contributed by atoms with E-state index in [1.165, 1.54) is 17.7 Å². The number of hydrogen-bond acceptors (Lipinski definition) is 3. The molecule has 1 saturated heterocycles. The molecule has 27 heavy (non-hydrogen) atoms. The molecule has 4 nitrogen and oxygen atoms in total. The van der Waals surface area contributed by atoms with Crippen LogP contribution >= 0.6 is 0 Å².